The third-order valence-electron chi connectivity index (χ3n) is 9.41. The molecule has 1 saturated heterocycles. The molecular formula is C33H33NO4. The van der Waals surface area contributed by atoms with Gasteiger partial charge in [0.15, 0.2) is 0 Å². The van der Waals surface area contributed by atoms with E-state index in [-0.39, 0.29) is 23.7 Å². The fourth-order valence-electron chi connectivity index (χ4n) is 7.91. The zero-order valence-electron chi connectivity index (χ0n) is 22.2. The number of methoxy groups -OCH3 is 2. The maximum atomic E-state index is 14.0. The van der Waals surface area contributed by atoms with Gasteiger partial charge in [-0.2, -0.15) is 0 Å². The van der Waals surface area contributed by atoms with Crippen LogP contribution in [0, 0.1) is 18.3 Å². The maximum Gasteiger partial charge on any atom is 0.314 e. The van der Waals surface area contributed by atoms with Crippen molar-refractivity contribution in [2.75, 3.05) is 27.3 Å². The molecule has 7 rings (SSSR count). The number of aryl methyl sites for hydroxylation is 1. The minimum absolute atomic E-state index is 0.0137. The van der Waals surface area contributed by atoms with Gasteiger partial charge in [-0.25, -0.2) is 0 Å². The third kappa shape index (κ3) is 3.17. The summed E-state index contributed by atoms with van der Waals surface area (Å²) >= 11 is 0. The van der Waals surface area contributed by atoms with Crippen molar-refractivity contribution in [1.29, 1.82) is 0 Å². The highest BCUT2D eigenvalue weighted by molar-refractivity contribution is 6.19. The molecule has 4 unspecified atom stereocenters. The summed E-state index contributed by atoms with van der Waals surface area (Å²) in [5.74, 6) is 0.0771. The summed E-state index contributed by atoms with van der Waals surface area (Å²) in [6.07, 6.45) is 1.79. The second-order valence-corrected chi connectivity index (χ2v) is 11.0. The summed E-state index contributed by atoms with van der Waals surface area (Å²) < 4.78 is 11.1. The topological polar surface area (TPSA) is 55.8 Å². The average molecular weight is 508 g/mol. The Hall–Kier alpha value is -3.86. The summed E-state index contributed by atoms with van der Waals surface area (Å²) in [5.41, 5.74) is 4.69. The number of ether oxygens (including phenoxy) is 2. The van der Waals surface area contributed by atoms with Crippen molar-refractivity contribution < 1.29 is 19.1 Å². The smallest absolute Gasteiger partial charge is 0.314 e. The number of amides is 1. The summed E-state index contributed by atoms with van der Waals surface area (Å²) in [5, 5.41) is 0. The molecule has 2 bridgehead atoms. The van der Waals surface area contributed by atoms with E-state index in [1.807, 2.05) is 29.2 Å². The number of benzene rings is 3. The molecule has 1 saturated carbocycles. The van der Waals surface area contributed by atoms with Gasteiger partial charge in [0.2, 0.25) is 0 Å². The molecule has 0 spiro atoms. The summed E-state index contributed by atoms with van der Waals surface area (Å²) in [4.78, 5) is 29.8. The molecule has 1 aliphatic heterocycles. The number of para-hydroxylation sites is 1. The molecular weight excluding hydrogens is 474 g/mol. The molecule has 0 N–H and O–H groups in total. The zero-order valence-corrected chi connectivity index (χ0v) is 22.2. The second-order valence-electron chi connectivity index (χ2n) is 11.0. The lowest BCUT2D eigenvalue weighted by atomic mass is 9.42. The predicted octanol–water partition coefficient (Wildman–Crippen LogP) is 5.51. The molecule has 38 heavy (non-hydrogen) atoms. The quantitative estimate of drug-likeness (QED) is 0.338. The molecule has 2 fully saturated rings. The van der Waals surface area contributed by atoms with E-state index in [1.165, 1.54) is 29.4 Å². The Morgan fingerprint density at radius 1 is 1.00 bits per heavy atom. The molecule has 3 aliphatic carbocycles. The number of carbonyl (C=O) groups is 2. The molecule has 4 atom stereocenters. The van der Waals surface area contributed by atoms with Crippen LogP contribution in [0.25, 0.3) is 5.57 Å². The van der Waals surface area contributed by atoms with Gasteiger partial charge >= 0.3 is 5.97 Å². The van der Waals surface area contributed by atoms with Gasteiger partial charge in [0.25, 0.3) is 5.91 Å². The van der Waals surface area contributed by atoms with Gasteiger partial charge in [0.1, 0.15) is 5.75 Å². The Kier molecular flexibility index (Phi) is 5.71. The molecule has 3 aromatic carbocycles. The van der Waals surface area contributed by atoms with Crippen LogP contribution in [0.3, 0.4) is 0 Å². The number of esters is 1. The number of hydrogen-bond acceptors (Lipinski definition) is 4. The van der Waals surface area contributed by atoms with Gasteiger partial charge in [-0.3, -0.25) is 9.59 Å². The molecule has 1 heterocycles. The zero-order chi connectivity index (χ0) is 26.7. The van der Waals surface area contributed by atoms with E-state index in [0.29, 0.717) is 30.0 Å². The van der Waals surface area contributed by atoms with Gasteiger partial charge in [-0.05, 0) is 42.5 Å². The first-order valence-corrected chi connectivity index (χ1v) is 13.2. The van der Waals surface area contributed by atoms with Crippen molar-refractivity contribution >= 4 is 17.4 Å². The number of hydrogen-bond donors (Lipinski definition) is 0. The van der Waals surface area contributed by atoms with Crippen LogP contribution >= 0.6 is 0 Å². The van der Waals surface area contributed by atoms with Crippen molar-refractivity contribution in [2.45, 2.75) is 31.1 Å². The van der Waals surface area contributed by atoms with Crippen molar-refractivity contribution in [3.05, 3.63) is 107 Å². The third-order valence-corrected chi connectivity index (χ3v) is 9.41. The fourth-order valence-corrected chi connectivity index (χ4v) is 7.91. The minimum atomic E-state index is -0.832. The van der Waals surface area contributed by atoms with Crippen molar-refractivity contribution in [3.63, 3.8) is 0 Å². The van der Waals surface area contributed by atoms with Crippen molar-refractivity contribution in [2.24, 2.45) is 11.3 Å². The van der Waals surface area contributed by atoms with Gasteiger partial charge in [-0.15, -0.1) is 0 Å². The monoisotopic (exact) mass is 507 g/mol. The van der Waals surface area contributed by atoms with E-state index >= 15 is 0 Å². The number of likely N-dealkylation sites (tertiary alicyclic amines) is 1. The number of nitrogens with zero attached hydrogens (tertiary/aromatic N) is 1. The number of fused-ring (bicyclic) bond motifs is 1. The van der Waals surface area contributed by atoms with Gasteiger partial charge < -0.3 is 14.4 Å². The highest BCUT2D eigenvalue weighted by Crippen LogP contribution is 2.69. The van der Waals surface area contributed by atoms with Crippen LogP contribution in [0.5, 0.6) is 5.75 Å². The Balaban J connectivity index is 1.51. The Morgan fingerprint density at radius 2 is 1.76 bits per heavy atom. The molecule has 5 nitrogen and oxygen atoms in total. The van der Waals surface area contributed by atoms with Crippen molar-refractivity contribution in [1.82, 2.24) is 4.90 Å². The molecule has 1 amide bonds. The van der Waals surface area contributed by atoms with Gasteiger partial charge in [-0.1, -0.05) is 78.9 Å². The molecule has 0 aromatic heterocycles. The Morgan fingerprint density at radius 3 is 2.53 bits per heavy atom. The van der Waals surface area contributed by atoms with Crippen molar-refractivity contribution in [3.8, 4) is 5.75 Å². The maximum absolute atomic E-state index is 14.0. The molecule has 4 aliphatic rings. The first-order valence-electron chi connectivity index (χ1n) is 13.2. The summed E-state index contributed by atoms with van der Waals surface area (Å²) in [6, 6.07) is 24.6. The molecule has 3 aromatic rings. The van der Waals surface area contributed by atoms with Crippen LogP contribution in [0.2, 0.25) is 0 Å². The molecule has 5 heteroatoms. The van der Waals surface area contributed by atoms with Gasteiger partial charge in [0.05, 0.1) is 19.6 Å². The predicted molar refractivity (Wildman–Crippen MR) is 147 cm³/mol. The van der Waals surface area contributed by atoms with Crippen LogP contribution in [0.4, 0.5) is 0 Å². The minimum Gasteiger partial charge on any atom is -0.496 e. The van der Waals surface area contributed by atoms with Crippen LogP contribution in [0.15, 0.2) is 79.4 Å². The van der Waals surface area contributed by atoms with Crippen LogP contribution in [0.1, 0.15) is 46.6 Å². The average Bonchev–Trinajstić information content (AvgIpc) is 3.40. The lowest BCUT2D eigenvalue weighted by Gasteiger charge is -2.59. The highest BCUT2D eigenvalue weighted by atomic mass is 16.5. The van der Waals surface area contributed by atoms with E-state index in [0.717, 1.165) is 12.8 Å². The van der Waals surface area contributed by atoms with Gasteiger partial charge in [0, 0.05) is 41.5 Å². The lowest BCUT2D eigenvalue weighted by molar-refractivity contribution is -0.161. The largest absolute Gasteiger partial charge is 0.496 e. The highest BCUT2D eigenvalue weighted by Gasteiger charge is 2.71. The first kappa shape index (κ1) is 24.5. The first-order chi connectivity index (χ1) is 18.4. The number of rotatable bonds is 5. The molecule has 194 valence electrons. The second kappa shape index (κ2) is 8.87. The van der Waals surface area contributed by atoms with Crippen LogP contribution < -0.4 is 4.74 Å². The Labute approximate surface area is 224 Å². The fraction of sp³-hybridized carbons (Fsp3) is 0.333. The standard InChI is InChI=1S/C33H33NO4/c1-21-10-9-11-23(18-21)32-17-16-27(25-13-5-7-14-26(25)32)33(31(36)38-4)20-34(19-29(32)33)30(35)22(2)24-12-6-8-15-28(24)37-3/h5-15,18,27,29H,2,16-17,19-20H2,1,3-4H3. The van der Waals surface area contributed by atoms with E-state index in [4.69, 9.17) is 9.47 Å². The SMILES string of the molecule is C=C(C(=O)N1CC2C3(c4cccc(C)c4)CCC(c4ccccc43)C2(C(=O)OC)C1)c1ccccc1OC. The van der Waals surface area contributed by atoms with E-state index < -0.39 is 10.8 Å². The van der Waals surface area contributed by atoms with E-state index in [2.05, 4.69) is 62.0 Å². The number of carbonyl (C=O) groups excluding carboxylic acids is 2. The summed E-state index contributed by atoms with van der Waals surface area (Å²) in [7, 11) is 3.06. The van der Waals surface area contributed by atoms with Crippen LogP contribution in [-0.2, 0) is 19.7 Å². The summed E-state index contributed by atoms with van der Waals surface area (Å²) in [6.45, 7) is 7.05. The molecule has 0 radical (unpaired) electrons. The van der Waals surface area contributed by atoms with E-state index in [9.17, 15) is 9.59 Å². The van der Waals surface area contributed by atoms with E-state index in [1.54, 1.807) is 7.11 Å². The Bertz CT molecular complexity index is 1460. The lowest BCUT2D eigenvalue weighted by Crippen LogP contribution is -2.60. The van der Waals surface area contributed by atoms with Crippen LogP contribution in [-0.4, -0.2) is 44.1 Å². The normalized spacial score (nSPS) is 26.9.